The van der Waals surface area contributed by atoms with Gasteiger partial charge in [-0.2, -0.15) is 15.0 Å². The van der Waals surface area contributed by atoms with Gasteiger partial charge in [-0.25, -0.2) is 0 Å². The topological polar surface area (TPSA) is 89.5 Å². The first kappa shape index (κ1) is 15.0. The summed E-state index contributed by atoms with van der Waals surface area (Å²) in [6.07, 6.45) is 3.05. The molecule has 1 atom stereocenters. The molecule has 120 valence electrons. The van der Waals surface area contributed by atoms with Gasteiger partial charge in [0.2, 0.25) is 11.9 Å². The Hall–Kier alpha value is -1.96. The summed E-state index contributed by atoms with van der Waals surface area (Å²) >= 11 is 0. The summed E-state index contributed by atoms with van der Waals surface area (Å²) in [4.78, 5) is 27.1. The normalized spacial score (nSPS) is 21.1. The second-order valence-corrected chi connectivity index (χ2v) is 5.51. The molecular formula is C14H21N5O3. The van der Waals surface area contributed by atoms with Gasteiger partial charge in [-0.1, -0.05) is 0 Å². The molecule has 3 heterocycles. The highest BCUT2D eigenvalue weighted by atomic mass is 16.5. The smallest absolute Gasteiger partial charge is 0.321 e. The Balaban J connectivity index is 1.66. The molecule has 0 saturated carbocycles. The molecule has 1 unspecified atom stereocenters. The van der Waals surface area contributed by atoms with Gasteiger partial charge >= 0.3 is 6.01 Å². The van der Waals surface area contributed by atoms with E-state index in [2.05, 4.69) is 25.2 Å². The van der Waals surface area contributed by atoms with Crippen molar-refractivity contribution in [3.05, 3.63) is 5.82 Å². The zero-order chi connectivity index (χ0) is 15.4. The van der Waals surface area contributed by atoms with E-state index in [1.54, 1.807) is 0 Å². The molecule has 2 fully saturated rings. The predicted octanol–water partition coefficient (Wildman–Crippen LogP) is 0.133. The van der Waals surface area contributed by atoms with E-state index in [9.17, 15) is 4.79 Å². The highest BCUT2D eigenvalue weighted by Crippen LogP contribution is 2.18. The Bertz CT molecular complexity index is 527. The molecule has 2 saturated heterocycles. The monoisotopic (exact) mass is 307 g/mol. The van der Waals surface area contributed by atoms with Crippen molar-refractivity contribution in [1.82, 2.24) is 20.3 Å². The Morgan fingerprint density at radius 3 is 2.86 bits per heavy atom. The van der Waals surface area contributed by atoms with Gasteiger partial charge in [0, 0.05) is 19.7 Å². The molecule has 2 aliphatic rings. The number of hydrogen-bond acceptors (Lipinski definition) is 7. The fourth-order valence-electron chi connectivity index (χ4n) is 2.67. The summed E-state index contributed by atoms with van der Waals surface area (Å²) in [5.41, 5.74) is 0. The second-order valence-electron chi connectivity index (χ2n) is 5.51. The van der Waals surface area contributed by atoms with Crippen molar-refractivity contribution in [2.75, 3.05) is 38.3 Å². The van der Waals surface area contributed by atoms with Gasteiger partial charge in [0.05, 0.1) is 26.2 Å². The van der Waals surface area contributed by atoms with Crippen molar-refractivity contribution in [2.45, 2.75) is 25.8 Å². The lowest BCUT2D eigenvalue weighted by molar-refractivity contribution is -0.125. The number of amides is 1. The maximum atomic E-state index is 12.0. The number of nitrogens with one attached hydrogen (secondary N) is 1. The van der Waals surface area contributed by atoms with E-state index >= 15 is 0 Å². The van der Waals surface area contributed by atoms with Gasteiger partial charge in [-0.3, -0.25) is 4.79 Å². The number of rotatable bonds is 5. The van der Waals surface area contributed by atoms with Gasteiger partial charge in [0.15, 0.2) is 5.82 Å². The second kappa shape index (κ2) is 6.87. The van der Waals surface area contributed by atoms with Crippen molar-refractivity contribution in [3.63, 3.8) is 0 Å². The minimum absolute atomic E-state index is 0.0143. The summed E-state index contributed by atoms with van der Waals surface area (Å²) < 4.78 is 10.4. The Labute approximate surface area is 129 Å². The molecule has 0 aliphatic carbocycles. The number of methoxy groups -OCH3 is 1. The van der Waals surface area contributed by atoms with Crippen molar-refractivity contribution < 1.29 is 14.3 Å². The minimum Gasteiger partial charge on any atom is -0.467 e. The molecule has 8 nitrogen and oxygen atoms in total. The van der Waals surface area contributed by atoms with Crippen LogP contribution in [0.4, 0.5) is 5.95 Å². The molecular weight excluding hydrogens is 286 g/mol. The third-order valence-electron chi connectivity index (χ3n) is 3.94. The summed E-state index contributed by atoms with van der Waals surface area (Å²) in [5.74, 6) is 1.06. The maximum absolute atomic E-state index is 12.0. The Kier molecular flexibility index (Phi) is 4.67. The average molecular weight is 307 g/mol. The van der Waals surface area contributed by atoms with Crippen LogP contribution in [0, 0.1) is 5.92 Å². The standard InChI is InChI=1S/C14H21N5O3/c1-21-14-17-11(8-15-12(20)10-4-7-22-9-10)16-13(18-14)19-5-2-3-6-19/h10H,2-9H2,1H3,(H,15,20). The fraction of sp³-hybridized carbons (Fsp3) is 0.714. The van der Waals surface area contributed by atoms with Crippen LogP contribution in [0.2, 0.25) is 0 Å². The number of ether oxygens (including phenoxy) is 2. The third kappa shape index (κ3) is 3.44. The number of nitrogens with zero attached hydrogens (tertiary/aromatic N) is 4. The number of aromatic nitrogens is 3. The van der Waals surface area contributed by atoms with Crippen molar-refractivity contribution in [1.29, 1.82) is 0 Å². The van der Waals surface area contributed by atoms with Crippen LogP contribution in [-0.4, -0.2) is 54.3 Å². The molecule has 0 spiro atoms. The van der Waals surface area contributed by atoms with Gasteiger partial charge in [-0.05, 0) is 19.3 Å². The van der Waals surface area contributed by atoms with E-state index < -0.39 is 0 Å². The van der Waals surface area contributed by atoms with Crippen LogP contribution in [0.3, 0.4) is 0 Å². The minimum atomic E-state index is -0.0678. The van der Waals surface area contributed by atoms with Crippen LogP contribution in [0.1, 0.15) is 25.1 Å². The SMILES string of the molecule is COc1nc(CNC(=O)C2CCOC2)nc(N2CCCC2)n1. The molecule has 8 heteroatoms. The van der Waals surface area contributed by atoms with Crippen molar-refractivity contribution in [3.8, 4) is 6.01 Å². The summed E-state index contributed by atoms with van der Waals surface area (Å²) in [7, 11) is 1.53. The van der Waals surface area contributed by atoms with Gasteiger partial charge < -0.3 is 19.7 Å². The molecule has 0 bridgehead atoms. The number of carbonyl (C=O) groups excluding carboxylic acids is 1. The highest BCUT2D eigenvalue weighted by molar-refractivity contribution is 5.78. The van der Waals surface area contributed by atoms with Crippen LogP contribution in [0.15, 0.2) is 0 Å². The first-order valence-corrected chi connectivity index (χ1v) is 7.65. The zero-order valence-corrected chi connectivity index (χ0v) is 12.7. The zero-order valence-electron chi connectivity index (χ0n) is 12.7. The lowest BCUT2D eigenvalue weighted by Crippen LogP contribution is -2.31. The lowest BCUT2D eigenvalue weighted by atomic mass is 10.1. The predicted molar refractivity (Wildman–Crippen MR) is 78.6 cm³/mol. The van der Waals surface area contributed by atoms with E-state index in [-0.39, 0.29) is 24.4 Å². The fourth-order valence-corrected chi connectivity index (χ4v) is 2.67. The number of hydrogen-bond donors (Lipinski definition) is 1. The molecule has 2 aliphatic heterocycles. The molecule has 1 N–H and O–H groups in total. The first-order chi connectivity index (χ1) is 10.8. The van der Waals surface area contributed by atoms with Crippen LogP contribution >= 0.6 is 0 Å². The number of anilines is 1. The summed E-state index contributed by atoms with van der Waals surface area (Å²) in [6.45, 7) is 3.30. The summed E-state index contributed by atoms with van der Waals surface area (Å²) in [6, 6.07) is 0.283. The van der Waals surface area contributed by atoms with Gasteiger partial charge in [0.25, 0.3) is 0 Å². The quantitative estimate of drug-likeness (QED) is 0.827. The van der Waals surface area contributed by atoms with E-state index in [0.717, 1.165) is 32.4 Å². The van der Waals surface area contributed by atoms with Crippen LogP contribution < -0.4 is 15.0 Å². The van der Waals surface area contributed by atoms with Gasteiger partial charge in [0.1, 0.15) is 0 Å². The van der Waals surface area contributed by atoms with Crippen LogP contribution in [0.25, 0.3) is 0 Å². The molecule has 22 heavy (non-hydrogen) atoms. The van der Waals surface area contributed by atoms with Crippen molar-refractivity contribution >= 4 is 11.9 Å². The molecule has 1 aromatic heterocycles. The largest absolute Gasteiger partial charge is 0.467 e. The maximum Gasteiger partial charge on any atom is 0.321 e. The third-order valence-corrected chi connectivity index (χ3v) is 3.94. The molecule has 1 aromatic rings. The highest BCUT2D eigenvalue weighted by Gasteiger charge is 2.24. The van der Waals surface area contributed by atoms with E-state index in [1.807, 2.05) is 0 Å². The lowest BCUT2D eigenvalue weighted by Gasteiger charge is -2.16. The van der Waals surface area contributed by atoms with Crippen molar-refractivity contribution in [2.24, 2.45) is 5.92 Å². The summed E-state index contributed by atoms with van der Waals surface area (Å²) in [5, 5.41) is 2.86. The molecule has 0 aromatic carbocycles. The molecule has 0 radical (unpaired) electrons. The Morgan fingerprint density at radius 2 is 2.18 bits per heavy atom. The first-order valence-electron chi connectivity index (χ1n) is 7.65. The van der Waals surface area contributed by atoms with E-state index in [4.69, 9.17) is 9.47 Å². The van der Waals surface area contributed by atoms with Crippen LogP contribution in [-0.2, 0) is 16.1 Å². The van der Waals surface area contributed by atoms with Gasteiger partial charge in [-0.15, -0.1) is 0 Å². The number of carbonyl (C=O) groups is 1. The van der Waals surface area contributed by atoms with Crippen LogP contribution in [0.5, 0.6) is 6.01 Å². The Morgan fingerprint density at radius 1 is 1.36 bits per heavy atom. The average Bonchev–Trinajstić information content (AvgIpc) is 3.24. The molecule has 3 rings (SSSR count). The van der Waals surface area contributed by atoms with E-state index in [0.29, 0.717) is 25.0 Å². The van der Waals surface area contributed by atoms with E-state index in [1.165, 1.54) is 7.11 Å². The molecule has 1 amide bonds.